The topological polar surface area (TPSA) is 84.2 Å². The summed E-state index contributed by atoms with van der Waals surface area (Å²) < 4.78 is 0. The highest BCUT2D eigenvalue weighted by Gasteiger charge is 2.18. The van der Waals surface area contributed by atoms with Gasteiger partial charge in [-0.3, -0.25) is 9.59 Å². The van der Waals surface area contributed by atoms with Gasteiger partial charge >= 0.3 is 0 Å². The Labute approximate surface area is 142 Å². The maximum atomic E-state index is 12.3. The van der Waals surface area contributed by atoms with E-state index in [9.17, 15) is 9.59 Å². The molecule has 4 N–H and O–H groups in total. The Morgan fingerprint density at radius 2 is 1.78 bits per heavy atom. The predicted molar refractivity (Wildman–Crippen MR) is 96.5 cm³/mol. The Kier molecular flexibility index (Phi) is 8.12. The van der Waals surface area contributed by atoms with Crippen LogP contribution in [0, 0.1) is 5.92 Å². The number of nitrogens with one attached hydrogen (secondary N) is 2. The van der Waals surface area contributed by atoms with Gasteiger partial charge in [-0.1, -0.05) is 13.8 Å². The van der Waals surface area contributed by atoms with E-state index in [0.717, 1.165) is 17.0 Å². The third-order valence-corrected chi connectivity index (χ3v) is 4.36. The fourth-order valence-corrected chi connectivity index (χ4v) is 3.06. The first-order valence-corrected chi connectivity index (χ1v) is 8.74. The molecule has 0 aliphatic carbocycles. The Bertz CT molecular complexity index is 517. The van der Waals surface area contributed by atoms with Crippen molar-refractivity contribution < 1.29 is 9.59 Å². The van der Waals surface area contributed by atoms with Gasteiger partial charge in [-0.25, -0.2) is 0 Å². The van der Waals surface area contributed by atoms with Crippen molar-refractivity contribution >= 4 is 29.3 Å². The van der Waals surface area contributed by atoms with Gasteiger partial charge in [0.25, 0.3) is 0 Å². The lowest BCUT2D eigenvalue weighted by molar-refractivity contribution is -0.121. The molecular formula is C17H27N3O2S. The van der Waals surface area contributed by atoms with Crippen molar-refractivity contribution in [2.45, 2.75) is 50.3 Å². The number of rotatable bonds is 8. The van der Waals surface area contributed by atoms with E-state index < -0.39 is 0 Å². The summed E-state index contributed by atoms with van der Waals surface area (Å²) in [5, 5.41) is 5.53. The van der Waals surface area contributed by atoms with Crippen LogP contribution in [0.4, 0.5) is 5.69 Å². The Balaban J connectivity index is 2.55. The van der Waals surface area contributed by atoms with E-state index in [-0.39, 0.29) is 23.1 Å². The molecule has 0 saturated heterocycles. The lowest BCUT2D eigenvalue weighted by Gasteiger charge is -2.21. The molecule has 0 heterocycles. The standard InChI is InChI=1S/C17H27N3O2S/c1-11(2)9-15(10-18)20-17(22)12(3)23-16-7-5-14(6-8-16)19-13(4)21/h5-8,11-12,15H,9-10,18H2,1-4H3,(H,19,21)(H,20,22). The lowest BCUT2D eigenvalue weighted by atomic mass is 10.0. The number of carbonyl (C=O) groups excluding carboxylic acids is 2. The van der Waals surface area contributed by atoms with Crippen molar-refractivity contribution in [2.24, 2.45) is 11.7 Å². The van der Waals surface area contributed by atoms with Crippen LogP contribution in [0.5, 0.6) is 0 Å². The van der Waals surface area contributed by atoms with E-state index >= 15 is 0 Å². The lowest BCUT2D eigenvalue weighted by Crippen LogP contribution is -2.44. The number of benzene rings is 1. The van der Waals surface area contributed by atoms with Crippen molar-refractivity contribution in [1.82, 2.24) is 5.32 Å². The van der Waals surface area contributed by atoms with Crippen molar-refractivity contribution in [1.29, 1.82) is 0 Å². The van der Waals surface area contributed by atoms with E-state index in [4.69, 9.17) is 5.73 Å². The summed E-state index contributed by atoms with van der Waals surface area (Å²) >= 11 is 1.49. The first-order chi connectivity index (χ1) is 10.8. The molecule has 0 aromatic heterocycles. The van der Waals surface area contributed by atoms with Crippen LogP contribution in [-0.2, 0) is 9.59 Å². The highest BCUT2D eigenvalue weighted by molar-refractivity contribution is 8.00. The molecule has 0 aliphatic rings. The van der Waals surface area contributed by atoms with Crippen LogP contribution in [0.2, 0.25) is 0 Å². The number of hydrogen-bond donors (Lipinski definition) is 3. The molecule has 0 radical (unpaired) electrons. The van der Waals surface area contributed by atoms with Crippen LogP contribution in [0.15, 0.2) is 29.2 Å². The molecule has 1 aromatic carbocycles. The van der Waals surface area contributed by atoms with Crippen LogP contribution in [0.25, 0.3) is 0 Å². The molecule has 128 valence electrons. The van der Waals surface area contributed by atoms with Gasteiger partial charge in [0.15, 0.2) is 0 Å². The molecule has 0 aliphatic heterocycles. The molecule has 23 heavy (non-hydrogen) atoms. The number of carbonyl (C=O) groups is 2. The minimum absolute atomic E-state index is 0.00274. The van der Waals surface area contributed by atoms with Gasteiger partial charge < -0.3 is 16.4 Å². The fraction of sp³-hybridized carbons (Fsp3) is 0.529. The monoisotopic (exact) mass is 337 g/mol. The fourth-order valence-electron chi connectivity index (χ4n) is 2.18. The minimum Gasteiger partial charge on any atom is -0.351 e. The first-order valence-electron chi connectivity index (χ1n) is 7.86. The molecule has 2 unspecified atom stereocenters. The normalized spacial score (nSPS) is 13.5. The van der Waals surface area contributed by atoms with Crippen molar-refractivity contribution in [3.63, 3.8) is 0 Å². The average molecular weight is 337 g/mol. The van der Waals surface area contributed by atoms with Crippen molar-refractivity contribution in [3.8, 4) is 0 Å². The molecule has 0 spiro atoms. The molecular weight excluding hydrogens is 310 g/mol. The zero-order chi connectivity index (χ0) is 17.4. The molecule has 2 atom stereocenters. The van der Waals surface area contributed by atoms with E-state index in [2.05, 4.69) is 24.5 Å². The zero-order valence-corrected chi connectivity index (χ0v) is 15.1. The third kappa shape index (κ3) is 7.52. The van der Waals surface area contributed by atoms with Crippen LogP contribution in [0.1, 0.15) is 34.1 Å². The Morgan fingerprint density at radius 1 is 1.17 bits per heavy atom. The van der Waals surface area contributed by atoms with Crippen LogP contribution in [0.3, 0.4) is 0 Å². The van der Waals surface area contributed by atoms with Gasteiger partial charge in [-0.2, -0.15) is 0 Å². The number of anilines is 1. The van der Waals surface area contributed by atoms with Crippen molar-refractivity contribution in [3.05, 3.63) is 24.3 Å². The highest BCUT2D eigenvalue weighted by atomic mass is 32.2. The Hall–Kier alpha value is -1.53. The van der Waals surface area contributed by atoms with Gasteiger partial charge in [0.1, 0.15) is 0 Å². The molecule has 0 bridgehead atoms. The summed E-state index contributed by atoms with van der Waals surface area (Å²) in [4.78, 5) is 24.2. The summed E-state index contributed by atoms with van der Waals surface area (Å²) in [7, 11) is 0. The van der Waals surface area contributed by atoms with Crippen molar-refractivity contribution in [2.75, 3.05) is 11.9 Å². The van der Waals surface area contributed by atoms with Gasteiger partial charge in [-0.15, -0.1) is 11.8 Å². The number of amides is 2. The van der Waals surface area contributed by atoms with Gasteiger partial charge in [0.05, 0.1) is 5.25 Å². The molecule has 1 rings (SSSR count). The molecule has 6 heteroatoms. The smallest absolute Gasteiger partial charge is 0.233 e. The Morgan fingerprint density at radius 3 is 2.26 bits per heavy atom. The summed E-state index contributed by atoms with van der Waals surface area (Å²) in [6.45, 7) is 8.03. The quantitative estimate of drug-likeness (QED) is 0.637. The van der Waals surface area contributed by atoms with Gasteiger partial charge in [0, 0.05) is 30.1 Å². The molecule has 1 aromatic rings. The maximum absolute atomic E-state index is 12.3. The van der Waals surface area contributed by atoms with Crippen LogP contribution in [-0.4, -0.2) is 29.7 Å². The minimum atomic E-state index is -0.206. The summed E-state index contributed by atoms with van der Waals surface area (Å²) in [6, 6.07) is 7.47. The SMILES string of the molecule is CC(=O)Nc1ccc(SC(C)C(=O)NC(CN)CC(C)C)cc1. The van der Waals surface area contributed by atoms with E-state index in [1.54, 1.807) is 0 Å². The molecule has 2 amide bonds. The second kappa shape index (κ2) is 9.57. The van der Waals surface area contributed by atoms with Crippen LogP contribution >= 0.6 is 11.8 Å². The summed E-state index contributed by atoms with van der Waals surface area (Å²) in [5.41, 5.74) is 6.47. The summed E-state index contributed by atoms with van der Waals surface area (Å²) in [5.74, 6) is 0.390. The largest absolute Gasteiger partial charge is 0.351 e. The van der Waals surface area contributed by atoms with Gasteiger partial charge in [-0.05, 0) is 43.5 Å². The average Bonchev–Trinajstić information content (AvgIpc) is 2.47. The van der Waals surface area contributed by atoms with Crippen LogP contribution < -0.4 is 16.4 Å². The third-order valence-electron chi connectivity index (χ3n) is 3.24. The maximum Gasteiger partial charge on any atom is 0.233 e. The second-order valence-electron chi connectivity index (χ2n) is 6.04. The highest BCUT2D eigenvalue weighted by Crippen LogP contribution is 2.25. The summed E-state index contributed by atoms with van der Waals surface area (Å²) in [6.07, 6.45) is 0.880. The first kappa shape index (κ1) is 19.5. The predicted octanol–water partition coefficient (Wildman–Crippen LogP) is 2.62. The van der Waals surface area contributed by atoms with E-state index in [1.165, 1.54) is 18.7 Å². The zero-order valence-electron chi connectivity index (χ0n) is 14.3. The molecule has 5 nitrogen and oxygen atoms in total. The number of hydrogen-bond acceptors (Lipinski definition) is 4. The molecule has 0 saturated carbocycles. The molecule has 0 fully saturated rings. The second-order valence-corrected chi connectivity index (χ2v) is 7.45. The van der Waals surface area contributed by atoms with E-state index in [0.29, 0.717) is 12.5 Å². The van der Waals surface area contributed by atoms with E-state index in [1.807, 2.05) is 31.2 Å². The number of nitrogens with two attached hydrogens (primary N) is 1. The van der Waals surface area contributed by atoms with Gasteiger partial charge in [0.2, 0.25) is 11.8 Å². The number of thioether (sulfide) groups is 1.